The monoisotopic (exact) mass is 617 g/mol. The lowest BCUT2D eigenvalue weighted by Gasteiger charge is -2.12. The van der Waals surface area contributed by atoms with Gasteiger partial charge in [0.05, 0.1) is 11.6 Å². The largest absolute Gasteiger partial charge is 0.493 e. The lowest BCUT2D eigenvalue weighted by Crippen LogP contribution is -2.05. The first kappa shape index (κ1) is 21.1. The van der Waals surface area contributed by atoms with Gasteiger partial charge in [-0.05, 0) is 96.4 Å². The van der Waals surface area contributed by atoms with Gasteiger partial charge in [0, 0.05) is 13.6 Å². The summed E-state index contributed by atoms with van der Waals surface area (Å²) in [6.07, 6.45) is 3.29. The van der Waals surface area contributed by atoms with Gasteiger partial charge in [-0.25, -0.2) is 9.79 Å². The number of aliphatic imine (C=N–C) groups is 1. The highest BCUT2D eigenvalue weighted by Crippen LogP contribution is 2.37. The zero-order valence-corrected chi connectivity index (χ0v) is 20.0. The Hall–Kier alpha value is -1.65. The minimum atomic E-state index is -0.508. The van der Waals surface area contributed by atoms with E-state index >= 15 is 0 Å². The van der Waals surface area contributed by atoms with Crippen molar-refractivity contribution < 1.29 is 19.0 Å². The molecular formula is C20H14Br2INO4. The van der Waals surface area contributed by atoms with E-state index in [1.165, 1.54) is 0 Å². The van der Waals surface area contributed by atoms with Crippen LogP contribution < -0.4 is 9.47 Å². The summed E-state index contributed by atoms with van der Waals surface area (Å²) in [4.78, 5) is 16.6. The van der Waals surface area contributed by atoms with Crippen LogP contribution in [-0.4, -0.2) is 25.6 Å². The van der Waals surface area contributed by atoms with Gasteiger partial charge < -0.3 is 14.2 Å². The van der Waals surface area contributed by atoms with Gasteiger partial charge >= 0.3 is 5.97 Å². The van der Waals surface area contributed by atoms with Gasteiger partial charge in [0.25, 0.3) is 0 Å². The number of hydrogen-bond acceptors (Lipinski definition) is 5. The number of benzene rings is 2. The van der Waals surface area contributed by atoms with Crippen molar-refractivity contribution in [2.45, 2.75) is 0 Å². The Morgan fingerprint density at radius 3 is 2.71 bits per heavy atom. The molecule has 2 aromatic rings. The summed E-state index contributed by atoms with van der Waals surface area (Å²) in [5, 5.41) is 0. The number of rotatable bonds is 6. The van der Waals surface area contributed by atoms with Gasteiger partial charge in [0.1, 0.15) is 6.61 Å². The van der Waals surface area contributed by atoms with Gasteiger partial charge in [0.15, 0.2) is 17.2 Å². The third-order valence-corrected chi connectivity index (χ3v) is 6.61. The molecule has 1 aliphatic rings. The van der Waals surface area contributed by atoms with Crippen molar-refractivity contribution in [1.82, 2.24) is 0 Å². The van der Waals surface area contributed by atoms with E-state index in [9.17, 15) is 4.79 Å². The van der Waals surface area contributed by atoms with Crippen LogP contribution in [-0.2, 0) is 9.53 Å². The molecule has 28 heavy (non-hydrogen) atoms. The molecule has 0 bridgehead atoms. The predicted molar refractivity (Wildman–Crippen MR) is 124 cm³/mol. The number of hydrogen-bond donors (Lipinski definition) is 0. The molecule has 2 aromatic carbocycles. The minimum Gasteiger partial charge on any atom is -0.493 e. The normalized spacial score (nSPS) is 14.6. The van der Waals surface area contributed by atoms with Crippen LogP contribution in [0.25, 0.3) is 6.08 Å². The second-order valence-electron chi connectivity index (χ2n) is 5.60. The maximum absolute atomic E-state index is 12.3. The Labute approximate surface area is 192 Å². The SMILES string of the molecule is C=CCOc1c(Br)cc(/C=C2\N=C(c3ccc(I)c(Br)c3)OC2=O)cc1OC. The fraction of sp³-hybridized carbons (Fsp3) is 0.100. The lowest BCUT2D eigenvalue weighted by molar-refractivity contribution is -0.129. The fourth-order valence-electron chi connectivity index (χ4n) is 2.43. The van der Waals surface area contributed by atoms with Gasteiger partial charge in [-0.3, -0.25) is 0 Å². The third kappa shape index (κ3) is 4.66. The molecule has 0 unspecified atom stereocenters. The van der Waals surface area contributed by atoms with E-state index in [2.05, 4.69) is 66.0 Å². The Morgan fingerprint density at radius 1 is 1.25 bits per heavy atom. The molecule has 0 aromatic heterocycles. The molecule has 0 spiro atoms. The van der Waals surface area contributed by atoms with E-state index in [0.29, 0.717) is 22.6 Å². The number of methoxy groups -OCH3 is 1. The Balaban J connectivity index is 1.95. The highest BCUT2D eigenvalue weighted by atomic mass is 127. The molecule has 8 heteroatoms. The van der Waals surface area contributed by atoms with Crippen LogP contribution in [0, 0.1) is 3.57 Å². The van der Waals surface area contributed by atoms with Crippen molar-refractivity contribution in [3.05, 3.63) is 72.3 Å². The third-order valence-electron chi connectivity index (χ3n) is 3.69. The summed E-state index contributed by atoms with van der Waals surface area (Å²) in [5.74, 6) is 0.851. The molecule has 0 fully saturated rings. The van der Waals surface area contributed by atoms with Crippen LogP contribution in [0.5, 0.6) is 11.5 Å². The van der Waals surface area contributed by atoms with E-state index in [0.717, 1.165) is 19.2 Å². The van der Waals surface area contributed by atoms with Crippen molar-refractivity contribution >= 4 is 72.4 Å². The van der Waals surface area contributed by atoms with Crippen LogP contribution in [0.2, 0.25) is 0 Å². The summed E-state index contributed by atoms with van der Waals surface area (Å²) in [6, 6.07) is 9.21. The van der Waals surface area contributed by atoms with Crippen LogP contribution in [0.15, 0.2) is 62.6 Å². The fourth-order valence-corrected chi connectivity index (χ4v) is 3.71. The number of carbonyl (C=O) groups is 1. The van der Waals surface area contributed by atoms with Crippen LogP contribution >= 0.6 is 54.5 Å². The molecule has 0 atom stereocenters. The summed E-state index contributed by atoms with van der Waals surface area (Å²) < 4.78 is 19.0. The molecule has 1 aliphatic heterocycles. The second-order valence-corrected chi connectivity index (χ2v) is 8.47. The average molecular weight is 619 g/mol. The lowest BCUT2D eigenvalue weighted by atomic mass is 10.1. The first-order valence-electron chi connectivity index (χ1n) is 8.02. The highest BCUT2D eigenvalue weighted by molar-refractivity contribution is 14.1. The van der Waals surface area contributed by atoms with Gasteiger partial charge in [-0.15, -0.1) is 0 Å². The number of nitrogens with zero attached hydrogens (tertiary/aromatic N) is 1. The first-order valence-corrected chi connectivity index (χ1v) is 10.7. The van der Waals surface area contributed by atoms with E-state index in [4.69, 9.17) is 14.2 Å². The average Bonchev–Trinajstić information content (AvgIpc) is 3.03. The number of halogens is 3. The zero-order chi connectivity index (χ0) is 20.3. The van der Waals surface area contributed by atoms with E-state index in [-0.39, 0.29) is 11.6 Å². The predicted octanol–water partition coefficient (Wildman–Crippen LogP) is 5.73. The number of esters is 1. The summed E-state index contributed by atoms with van der Waals surface area (Å²) in [6.45, 7) is 3.99. The van der Waals surface area contributed by atoms with Gasteiger partial charge in [-0.1, -0.05) is 12.7 Å². The molecule has 5 nitrogen and oxygen atoms in total. The Morgan fingerprint density at radius 2 is 2.04 bits per heavy atom. The topological polar surface area (TPSA) is 57.1 Å². The standard InChI is InChI=1S/C20H14Br2INO4/c1-3-6-27-18-14(22)7-11(9-17(18)26-2)8-16-20(25)28-19(24-16)12-4-5-15(23)13(21)10-12/h3-5,7-10H,1,6H2,2H3/b16-8-. The Kier molecular flexibility index (Phi) is 6.95. The molecule has 0 saturated carbocycles. The number of ether oxygens (including phenoxy) is 3. The molecule has 0 saturated heterocycles. The van der Waals surface area contributed by atoms with Crippen molar-refractivity contribution in [2.75, 3.05) is 13.7 Å². The highest BCUT2D eigenvalue weighted by Gasteiger charge is 2.25. The summed E-state index contributed by atoms with van der Waals surface area (Å²) >= 11 is 9.15. The summed E-state index contributed by atoms with van der Waals surface area (Å²) in [7, 11) is 1.55. The van der Waals surface area contributed by atoms with E-state index < -0.39 is 5.97 Å². The molecule has 1 heterocycles. The van der Waals surface area contributed by atoms with Crippen LogP contribution in [0.1, 0.15) is 11.1 Å². The molecule has 0 N–H and O–H groups in total. The first-order chi connectivity index (χ1) is 13.4. The molecule has 144 valence electrons. The zero-order valence-electron chi connectivity index (χ0n) is 14.7. The minimum absolute atomic E-state index is 0.207. The van der Waals surface area contributed by atoms with E-state index in [1.54, 1.807) is 25.3 Å². The van der Waals surface area contributed by atoms with Crippen molar-refractivity contribution in [1.29, 1.82) is 0 Å². The van der Waals surface area contributed by atoms with E-state index in [1.807, 2.05) is 24.3 Å². The van der Waals surface area contributed by atoms with Gasteiger partial charge in [0.2, 0.25) is 5.90 Å². The molecule has 3 rings (SSSR count). The summed E-state index contributed by atoms with van der Waals surface area (Å²) in [5.41, 5.74) is 1.64. The maximum Gasteiger partial charge on any atom is 0.363 e. The molecule has 0 aliphatic carbocycles. The Bertz CT molecular complexity index is 1020. The molecule has 0 amide bonds. The maximum atomic E-state index is 12.3. The smallest absolute Gasteiger partial charge is 0.363 e. The van der Waals surface area contributed by atoms with Crippen molar-refractivity contribution in [2.24, 2.45) is 4.99 Å². The molecular weight excluding hydrogens is 605 g/mol. The van der Waals surface area contributed by atoms with Gasteiger partial charge in [-0.2, -0.15) is 0 Å². The molecule has 0 radical (unpaired) electrons. The van der Waals surface area contributed by atoms with Crippen LogP contribution in [0.3, 0.4) is 0 Å². The van der Waals surface area contributed by atoms with Crippen LogP contribution in [0.4, 0.5) is 0 Å². The quantitative estimate of drug-likeness (QED) is 0.180. The van der Waals surface area contributed by atoms with Crippen molar-refractivity contribution in [3.63, 3.8) is 0 Å². The number of carbonyl (C=O) groups excluding carboxylic acids is 1. The number of cyclic esters (lactones) is 1. The van der Waals surface area contributed by atoms with Crippen molar-refractivity contribution in [3.8, 4) is 11.5 Å². The second kappa shape index (κ2) is 9.23.